The third-order valence-electron chi connectivity index (χ3n) is 0.936. The molecule has 12 heavy (non-hydrogen) atoms. The minimum Gasteiger partial charge on any atom is -0.184 e. The molecule has 0 aliphatic rings. The molecule has 0 rings (SSSR count). The van der Waals surface area contributed by atoms with Gasteiger partial charge in [0.1, 0.15) is 0 Å². The van der Waals surface area contributed by atoms with E-state index in [1.807, 2.05) is 49.5 Å². The molecule has 0 bridgehead atoms. The van der Waals surface area contributed by atoms with Crippen LogP contribution in [0.15, 0.2) is 55.2 Å². The van der Waals surface area contributed by atoms with Gasteiger partial charge in [-0.05, 0) is 6.92 Å². The molecule has 0 spiro atoms. The number of rotatable bonds is 4. The van der Waals surface area contributed by atoms with Crippen LogP contribution in [0.3, 0.4) is 0 Å². The Morgan fingerprint density at radius 2 is 1.83 bits per heavy atom. The van der Waals surface area contributed by atoms with Crippen LogP contribution in [0.4, 0.5) is 0 Å². The van der Waals surface area contributed by atoms with E-state index in [9.17, 15) is 0 Å². The minimum absolute atomic E-state index is 0. The standard InChI is InChI=1S/C11H13.Y/c1-3-5-7-9-11-10-8-6-4-2;/h3-10H,1H2,2H3;/q-1;/b6-4+,7-5+,10-8+;. The normalized spacial score (nSPS) is 11.8. The van der Waals surface area contributed by atoms with Gasteiger partial charge in [-0.3, -0.25) is 0 Å². The van der Waals surface area contributed by atoms with E-state index >= 15 is 0 Å². The maximum atomic E-state index is 3.54. The second-order valence-corrected chi connectivity index (χ2v) is 1.84. The summed E-state index contributed by atoms with van der Waals surface area (Å²) in [5.41, 5.74) is 0. The van der Waals surface area contributed by atoms with Crippen LogP contribution in [-0.2, 0) is 32.7 Å². The first-order valence-electron chi connectivity index (χ1n) is 3.56. The fourth-order valence-corrected chi connectivity index (χ4v) is 0.467. The maximum Gasteiger partial charge on any atom is 0 e. The first-order chi connectivity index (χ1) is 5.41. The summed E-state index contributed by atoms with van der Waals surface area (Å²) in [7, 11) is 0. The van der Waals surface area contributed by atoms with Crippen LogP contribution >= 0.6 is 0 Å². The molecule has 0 nitrogen and oxygen atoms in total. The summed E-state index contributed by atoms with van der Waals surface area (Å²) >= 11 is 0. The summed E-state index contributed by atoms with van der Waals surface area (Å²) in [6.07, 6.45) is 18.0. The molecule has 0 aliphatic heterocycles. The van der Waals surface area contributed by atoms with E-state index in [1.165, 1.54) is 0 Å². The van der Waals surface area contributed by atoms with Crippen molar-refractivity contribution in [3.63, 3.8) is 0 Å². The van der Waals surface area contributed by atoms with Crippen LogP contribution in [0.25, 0.3) is 0 Å². The van der Waals surface area contributed by atoms with Crippen LogP contribution in [0.1, 0.15) is 6.92 Å². The van der Waals surface area contributed by atoms with Crippen LogP contribution in [0, 0.1) is 6.08 Å². The molecule has 0 fully saturated rings. The quantitative estimate of drug-likeness (QED) is 0.517. The van der Waals surface area contributed by atoms with Gasteiger partial charge in [-0.2, -0.15) is 30.4 Å². The van der Waals surface area contributed by atoms with Crippen molar-refractivity contribution in [2.24, 2.45) is 0 Å². The molecular formula is C11H13Y-. The summed E-state index contributed by atoms with van der Waals surface area (Å²) in [6.45, 7) is 5.52. The minimum atomic E-state index is 0. The fraction of sp³-hybridized carbons (Fsp3) is 0.0909. The average Bonchev–Trinajstić information content (AvgIpc) is 2.03. The van der Waals surface area contributed by atoms with Gasteiger partial charge >= 0.3 is 0 Å². The molecule has 0 saturated carbocycles. The van der Waals surface area contributed by atoms with Gasteiger partial charge in [0, 0.05) is 32.7 Å². The summed E-state index contributed by atoms with van der Waals surface area (Å²) in [5.74, 6) is 0. The second kappa shape index (κ2) is 13.4. The Labute approximate surface area is 100 Å². The molecule has 1 heteroatoms. The summed E-state index contributed by atoms with van der Waals surface area (Å²) in [5, 5.41) is 0. The maximum absolute atomic E-state index is 3.54. The summed E-state index contributed by atoms with van der Waals surface area (Å²) in [4.78, 5) is 0. The van der Waals surface area contributed by atoms with Crippen LogP contribution in [0.2, 0.25) is 0 Å². The van der Waals surface area contributed by atoms with Gasteiger partial charge in [-0.15, -0.1) is 18.7 Å². The Hall–Kier alpha value is -0.196. The zero-order chi connectivity index (χ0) is 8.36. The van der Waals surface area contributed by atoms with E-state index in [0.29, 0.717) is 0 Å². The smallest absolute Gasteiger partial charge is 0 e. The van der Waals surface area contributed by atoms with Crippen molar-refractivity contribution in [3.8, 4) is 0 Å². The zero-order valence-corrected chi connectivity index (χ0v) is 10.2. The van der Waals surface area contributed by atoms with E-state index < -0.39 is 0 Å². The third-order valence-corrected chi connectivity index (χ3v) is 0.936. The molecule has 0 amide bonds. The molecule has 0 N–H and O–H groups in total. The Bertz CT molecular complexity index is 195. The first-order valence-corrected chi connectivity index (χ1v) is 3.56. The predicted molar refractivity (Wildman–Crippen MR) is 51.1 cm³/mol. The van der Waals surface area contributed by atoms with E-state index in [2.05, 4.69) is 12.7 Å². The van der Waals surface area contributed by atoms with E-state index in [1.54, 1.807) is 6.08 Å². The Morgan fingerprint density at radius 1 is 1.08 bits per heavy atom. The molecule has 0 unspecified atom stereocenters. The van der Waals surface area contributed by atoms with Gasteiger partial charge in [0.05, 0.1) is 0 Å². The van der Waals surface area contributed by atoms with Gasteiger partial charge in [0.2, 0.25) is 0 Å². The van der Waals surface area contributed by atoms with Crippen molar-refractivity contribution in [3.05, 3.63) is 61.3 Å². The molecular weight excluding hydrogens is 221 g/mol. The van der Waals surface area contributed by atoms with Crippen molar-refractivity contribution >= 4 is 0 Å². The number of allylic oxidation sites excluding steroid dienone is 9. The molecule has 0 aromatic rings. The monoisotopic (exact) mass is 234 g/mol. The van der Waals surface area contributed by atoms with Crippen LogP contribution < -0.4 is 0 Å². The molecule has 1 radical (unpaired) electrons. The third kappa shape index (κ3) is 12.5. The van der Waals surface area contributed by atoms with Crippen molar-refractivity contribution < 1.29 is 32.7 Å². The zero-order valence-electron chi connectivity index (χ0n) is 7.40. The largest absolute Gasteiger partial charge is 0.184 e. The average molecular weight is 234 g/mol. The van der Waals surface area contributed by atoms with Crippen molar-refractivity contribution in [2.75, 3.05) is 0 Å². The molecule has 0 aromatic heterocycles. The number of hydrogen-bond acceptors (Lipinski definition) is 0. The van der Waals surface area contributed by atoms with Gasteiger partial charge in [0.25, 0.3) is 0 Å². The topological polar surface area (TPSA) is 0 Å². The molecule has 0 aliphatic carbocycles. The molecule has 61 valence electrons. The van der Waals surface area contributed by atoms with Crippen LogP contribution in [-0.4, -0.2) is 0 Å². The van der Waals surface area contributed by atoms with Gasteiger partial charge in [-0.1, -0.05) is 12.2 Å². The summed E-state index contributed by atoms with van der Waals surface area (Å²) in [6, 6.07) is 0. The molecule has 0 heterocycles. The van der Waals surface area contributed by atoms with E-state index in [-0.39, 0.29) is 32.7 Å². The first kappa shape index (κ1) is 14.3. The predicted octanol–water partition coefficient (Wildman–Crippen LogP) is 3.22. The molecule has 0 atom stereocenters. The van der Waals surface area contributed by atoms with Crippen LogP contribution in [0.5, 0.6) is 0 Å². The number of hydrogen-bond donors (Lipinski definition) is 0. The molecule has 0 saturated heterocycles. The van der Waals surface area contributed by atoms with Gasteiger partial charge in [0.15, 0.2) is 0 Å². The second-order valence-electron chi connectivity index (χ2n) is 1.84. The Balaban J connectivity index is 0. The SMILES string of the molecule is C=C/C=C/C=[C-]/C=C/C=C/C.[Y]. The van der Waals surface area contributed by atoms with Crippen molar-refractivity contribution in [2.45, 2.75) is 6.92 Å². The molecule has 0 aromatic carbocycles. The summed E-state index contributed by atoms with van der Waals surface area (Å²) < 4.78 is 0. The van der Waals surface area contributed by atoms with E-state index in [0.717, 1.165) is 0 Å². The fourth-order valence-electron chi connectivity index (χ4n) is 0.467. The Morgan fingerprint density at radius 3 is 2.42 bits per heavy atom. The Kier molecular flexibility index (Phi) is 16.0. The van der Waals surface area contributed by atoms with E-state index in [4.69, 9.17) is 0 Å². The van der Waals surface area contributed by atoms with Gasteiger partial charge < -0.3 is 0 Å². The van der Waals surface area contributed by atoms with Crippen molar-refractivity contribution in [1.29, 1.82) is 0 Å². The van der Waals surface area contributed by atoms with Crippen molar-refractivity contribution in [1.82, 2.24) is 0 Å². The van der Waals surface area contributed by atoms with Gasteiger partial charge in [-0.25, -0.2) is 0 Å².